The van der Waals surface area contributed by atoms with Crippen molar-refractivity contribution in [2.75, 3.05) is 19.8 Å². The summed E-state index contributed by atoms with van der Waals surface area (Å²) in [6.45, 7) is -0.00564. The van der Waals surface area contributed by atoms with E-state index in [-0.39, 0.29) is 30.0 Å². The van der Waals surface area contributed by atoms with Gasteiger partial charge in [0.15, 0.2) is 0 Å². The molecule has 0 aliphatic rings. The lowest BCUT2D eigenvalue weighted by atomic mass is 10.2. The highest BCUT2D eigenvalue weighted by molar-refractivity contribution is 14.1. The third-order valence-electron chi connectivity index (χ3n) is 0.875. The van der Waals surface area contributed by atoms with Gasteiger partial charge in [-0.3, -0.25) is 4.79 Å². The molecule has 0 aromatic rings. The molecule has 0 aliphatic heterocycles. The van der Waals surface area contributed by atoms with Crippen molar-refractivity contribution in [3.63, 3.8) is 0 Å². The molecule has 13 heavy (non-hydrogen) atoms. The van der Waals surface area contributed by atoms with E-state index < -0.39 is 0 Å². The van der Waals surface area contributed by atoms with Crippen LogP contribution in [0.4, 0.5) is 0 Å². The normalized spacial score (nSPS) is 10.4. The molecule has 0 aliphatic carbocycles. The highest BCUT2D eigenvalue weighted by atomic mass is 127. The fourth-order valence-electron chi connectivity index (χ4n) is 0.442. The van der Waals surface area contributed by atoms with Crippen molar-refractivity contribution in [1.29, 1.82) is 0 Å². The molecule has 5 nitrogen and oxygen atoms in total. The van der Waals surface area contributed by atoms with Crippen molar-refractivity contribution in [3.05, 3.63) is 0 Å². The van der Waals surface area contributed by atoms with Gasteiger partial charge in [-0.25, -0.2) is 5.43 Å². The zero-order valence-corrected chi connectivity index (χ0v) is 10.3. The standard InChI is InChI=1S/C5H11BIN2O3P/c7-6(13)4-8-9-5(11)3-12-2-1-10/h4,10H,1-3,13H2,(H,9,11). The smallest absolute Gasteiger partial charge is 0.286 e. The number of carbonyl (C=O) groups excluding carboxylic acids is 1. The van der Waals surface area contributed by atoms with Crippen molar-refractivity contribution in [3.8, 4) is 0 Å². The summed E-state index contributed by atoms with van der Waals surface area (Å²) in [5.41, 5.74) is 2.28. The molecule has 0 aromatic heterocycles. The van der Waals surface area contributed by atoms with Crippen LogP contribution >= 0.6 is 31.5 Å². The highest BCUT2D eigenvalue weighted by Crippen LogP contribution is 1.98. The van der Waals surface area contributed by atoms with E-state index in [2.05, 4.69) is 42.0 Å². The molecule has 8 heteroatoms. The Morgan fingerprint density at radius 3 is 3.08 bits per heavy atom. The molecule has 0 rings (SSSR count). The van der Waals surface area contributed by atoms with Crippen LogP contribution in [0, 0.1) is 0 Å². The number of aliphatic hydroxyl groups is 1. The minimum Gasteiger partial charge on any atom is -0.394 e. The summed E-state index contributed by atoms with van der Waals surface area (Å²) in [5.74, 6) is -0.327. The highest BCUT2D eigenvalue weighted by Gasteiger charge is 1.99. The number of hydrazone groups is 1. The monoisotopic (exact) mass is 316 g/mol. The number of amides is 1. The average Bonchev–Trinajstić information content (AvgIpc) is 2.04. The number of hydrogen-bond acceptors (Lipinski definition) is 4. The van der Waals surface area contributed by atoms with Crippen LogP contribution in [0.15, 0.2) is 5.10 Å². The second-order valence-electron chi connectivity index (χ2n) is 2.03. The van der Waals surface area contributed by atoms with Gasteiger partial charge in [-0.1, -0.05) is 0 Å². The molecule has 0 fully saturated rings. The van der Waals surface area contributed by atoms with Crippen molar-refractivity contribution >= 4 is 47.8 Å². The summed E-state index contributed by atoms with van der Waals surface area (Å²) in [6.07, 6.45) is 1.58. The summed E-state index contributed by atoms with van der Waals surface area (Å²) in [7, 11) is 2.51. The number of halogens is 1. The van der Waals surface area contributed by atoms with Gasteiger partial charge in [0, 0.05) is 6.11 Å². The van der Waals surface area contributed by atoms with Crippen LogP contribution in [0.1, 0.15) is 0 Å². The average molecular weight is 316 g/mol. The van der Waals surface area contributed by atoms with Gasteiger partial charge in [-0.2, -0.15) is 14.2 Å². The third-order valence-corrected chi connectivity index (χ3v) is 1.37. The first-order chi connectivity index (χ1) is 6.16. The molecule has 1 amide bonds. The Morgan fingerprint density at radius 2 is 2.54 bits per heavy atom. The minimum absolute atomic E-state index is 0.0827. The molecule has 2 N–H and O–H groups in total. The van der Waals surface area contributed by atoms with Gasteiger partial charge in [0.25, 0.3) is 10.2 Å². The van der Waals surface area contributed by atoms with E-state index in [1.165, 1.54) is 0 Å². The Balaban J connectivity index is 3.40. The Bertz CT molecular complexity index is 181. The fraction of sp³-hybridized carbons (Fsp3) is 0.600. The Kier molecular flexibility index (Phi) is 9.06. The predicted octanol–water partition coefficient (Wildman–Crippen LogP) is -0.565. The predicted molar refractivity (Wildman–Crippen MR) is 64.0 cm³/mol. The molecule has 0 radical (unpaired) electrons. The minimum atomic E-state index is -0.327. The largest absolute Gasteiger partial charge is 0.394 e. The number of rotatable bonds is 6. The van der Waals surface area contributed by atoms with E-state index in [9.17, 15) is 4.79 Å². The Morgan fingerprint density at radius 1 is 1.85 bits per heavy atom. The topological polar surface area (TPSA) is 70.9 Å². The van der Waals surface area contributed by atoms with E-state index in [1.54, 1.807) is 6.11 Å². The molecule has 0 saturated heterocycles. The molecule has 0 spiro atoms. The number of aliphatic hydroxyl groups excluding tert-OH is 1. The number of hydrogen-bond donors (Lipinski definition) is 2. The quantitative estimate of drug-likeness (QED) is 0.172. The second kappa shape index (κ2) is 8.86. The SMILES string of the molecule is O=C(COCCO)NN=CB(P)I. The zero-order chi connectivity index (χ0) is 10.1. The van der Waals surface area contributed by atoms with Crippen molar-refractivity contribution < 1.29 is 14.6 Å². The van der Waals surface area contributed by atoms with Gasteiger partial charge in [0.05, 0.1) is 13.2 Å². The maximum absolute atomic E-state index is 10.9. The van der Waals surface area contributed by atoms with Crippen molar-refractivity contribution in [2.24, 2.45) is 5.10 Å². The summed E-state index contributed by atoms with van der Waals surface area (Å²) in [5, 5.41) is 12.0. The second-order valence-corrected chi connectivity index (χ2v) is 5.55. The van der Waals surface area contributed by atoms with Crippen molar-refractivity contribution in [1.82, 2.24) is 5.43 Å². The maximum Gasteiger partial charge on any atom is 0.286 e. The lowest BCUT2D eigenvalue weighted by Crippen LogP contribution is -2.24. The molecular weight excluding hydrogens is 305 g/mol. The van der Waals surface area contributed by atoms with Gasteiger partial charge in [0.2, 0.25) is 0 Å². The fourth-order valence-corrected chi connectivity index (χ4v) is 0.689. The molecule has 0 bridgehead atoms. The number of carbonyl (C=O) groups is 1. The van der Waals surface area contributed by atoms with Gasteiger partial charge in [-0.05, 0) is 0 Å². The first kappa shape index (κ1) is 13.3. The van der Waals surface area contributed by atoms with E-state index >= 15 is 0 Å². The molecule has 0 aromatic carbocycles. The third kappa shape index (κ3) is 10.2. The molecular formula is C5H11BIN2O3P. The van der Waals surface area contributed by atoms with Crippen LogP contribution in [0.3, 0.4) is 0 Å². The van der Waals surface area contributed by atoms with Gasteiger partial charge >= 0.3 is 0 Å². The molecule has 1 unspecified atom stereocenters. The molecule has 0 saturated carbocycles. The van der Waals surface area contributed by atoms with Crippen molar-refractivity contribution in [2.45, 2.75) is 0 Å². The maximum atomic E-state index is 10.9. The van der Waals surface area contributed by atoms with E-state index in [4.69, 9.17) is 9.84 Å². The number of ether oxygens (including phenoxy) is 1. The van der Waals surface area contributed by atoms with Crippen LogP contribution in [0.5, 0.6) is 0 Å². The zero-order valence-electron chi connectivity index (χ0n) is 6.94. The molecule has 74 valence electrons. The van der Waals surface area contributed by atoms with Crippen LogP contribution in [-0.4, -0.2) is 41.2 Å². The lowest BCUT2D eigenvalue weighted by Gasteiger charge is -1.99. The summed E-state index contributed by atoms with van der Waals surface area (Å²) >= 11 is 2.12. The van der Waals surface area contributed by atoms with E-state index in [0.717, 1.165) is 0 Å². The number of nitrogens with zero attached hydrogens (tertiary/aromatic N) is 1. The lowest BCUT2D eigenvalue weighted by molar-refractivity contribution is -0.125. The van der Waals surface area contributed by atoms with Crippen LogP contribution in [0.25, 0.3) is 0 Å². The molecule has 1 atom stereocenters. The van der Waals surface area contributed by atoms with Gasteiger partial charge in [-0.15, -0.1) is 22.4 Å². The van der Waals surface area contributed by atoms with Crippen LogP contribution in [-0.2, 0) is 9.53 Å². The van der Waals surface area contributed by atoms with E-state index in [1.807, 2.05) is 0 Å². The first-order valence-corrected chi connectivity index (χ1v) is 5.48. The summed E-state index contributed by atoms with van der Waals surface area (Å²) in [6, 6.07) is 0. The van der Waals surface area contributed by atoms with Gasteiger partial charge < -0.3 is 9.84 Å². The first-order valence-electron chi connectivity index (χ1n) is 3.57. The van der Waals surface area contributed by atoms with Gasteiger partial charge in [0.1, 0.15) is 6.61 Å². The van der Waals surface area contributed by atoms with E-state index in [0.29, 0.717) is 0 Å². The van der Waals surface area contributed by atoms with Crippen LogP contribution < -0.4 is 5.43 Å². The Hall–Kier alpha value is 0.285. The summed E-state index contributed by atoms with van der Waals surface area (Å²) in [4.78, 5) is 10.9. The number of nitrogens with one attached hydrogen (secondary N) is 1. The molecule has 0 heterocycles. The summed E-state index contributed by atoms with van der Waals surface area (Å²) < 4.78 is 4.95. The van der Waals surface area contributed by atoms with Crippen LogP contribution in [0.2, 0.25) is 0 Å². The Labute approximate surface area is 92.8 Å².